The lowest BCUT2D eigenvalue weighted by molar-refractivity contribution is 0.824. The van der Waals surface area contributed by atoms with Gasteiger partial charge in [-0.15, -0.1) is 0 Å². The van der Waals surface area contributed by atoms with Gasteiger partial charge in [0.15, 0.2) is 0 Å². The van der Waals surface area contributed by atoms with E-state index in [0.29, 0.717) is 0 Å². The zero-order valence-corrected chi connectivity index (χ0v) is 39.3. The predicted molar refractivity (Wildman–Crippen MR) is 256 cm³/mol. The van der Waals surface area contributed by atoms with Crippen LogP contribution in [0.5, 0.6) is 0 Å². The Kier molecular flexibility index (Phi) is 8.36. The van der Waals surface area contributed by atoms with Gasteiger partial charge in [-0.05, 0) is 137 Å². The molecule has 12 nitrogen and oxygen atoms in total. The number of benzene rings is 1. The highest BCUT2D eigenvalue weighted by molar-refractivity contribution is 8.05. The Morgan fingerprint density at radius 1 is 0.344 bits per heavy atom. The van der Waals surface area contributed by atoms with Gasteiger partial charge in [0.1, 0.15) is 0 Å². The minimum atomic E-state index is -0.155. The van der Waals surface area contributed by atoms with Crippen molar-refractivity contribution in [3.8, 4) is 22.7 Å². The van der Waals surface area contributed by atoms with E-state index in [1.807, 2.05) is 71.2 Å². The third-order valence-electron chi connectivity index (χ3n) is 12.5. The van der Waals surface area contributed by atoms with E-state index >= 15 is 0 Å². The van der Waals surface area contributed by atoms with E-state index in [4.69, 9.17) is 40.3 Å². The van der Waals surface area contributed by atoms with Gasteiger partial charge in [-0.3, -0.25) is 0 Å². The fourth-order valence-corrected chi connectivity index (χ4v) is 15.1. The minimum Gasteiger partial charge on any atom is -0.248 e. The molecular weight excluding hydrogens is 870 g/mol. The maximum absolute atomic E-state index is 5.28. The van der Waals surface area contributed by atoms with E-state index < -0.39 is 0 Å². The highest BCUT2D eigenvalue weighted by Gasteiger charge is 2.49. The molecule has 9 aromatic rings. The molecule has 0 spiro atoms. The van der Waals surface area contributed by atoms with Gasteiger partial charge >= 0.3 is 0 Å². The summed E-state index contributed by atoms with van der Waals surface area (Å²) in [4.78, 5) is 26.0. The molecule has 0 saturated heterocycles. The number of fused-ring (bicyclic) bond motifs is 10. The van der Waals surface area contributed by atoms with Crippen LogP contribution in [0.4, 0.5) is 0 Å². The van der Waals surface area contributed by atoms with Crippen LogP contribution in [0.25, 0.3) is 22.7 Å². The quantitative estimate of drug-likeness (QED) is 0.211. The number of hydrogen-bond acceptors (Lipinski definition) is 12. The lowest BCUT2D eigenvalue weighted by Gasteiger charge is -2.40. The molecule has 0 amide bonds. The number of rotatable bonds is 4. The Bertz CT molecular complexity index is 3100. The van der Waals surface area contributed by atoms with Crippen molar-refractivity contribution in [1.29, 1.82) is 0 Å². The molecule has 18 heteroatoms. The molecule has 0 unspecified atom stereocenters. The molecule has 4 aliphatic heterocycles. The molecule has 0 bridgehead atoms. The maximum atomic E-state index is 5.28. The third kappa shape index (κ3) is 5.64. The highest BCUT2D eigenvalue weighted by Crippen LogP contribution is 2.50. The Morgan fingerprint density at radius 3 is 0.781 bits per heavy atom. The van der Waals surface area contributed by atoms with Gasteiger partial charge in [-0.1, -0.05) is 47.0 Å². The average molecular weight is 907 g/mol. The molecule has 0 fully saturated rings. The molecule has 0 N–H and O–H groups in total. The van der Waals surface area contributed by atoms with E-state index in [-0.39, 0.29) is 13.4 Å². The Hall–Kier alpha value is -5.81. The third-order valence-corrected chi connectivity index (χ3v) is 17.4. The monoisotopic (exact) mass is 906 g/mol. The first-order chi connectivity index (χ1) is 30.9. The molecule has 12 heterocycles. The molecule has 0 saturated carbocycles. The van der Waals surface area contributed by atoms with Crippen LogP contribution in [-0.4, -0.2) is 72.5 Å². The molecule has 0 atom stereocenters. The number of aryl methyl sites for hydroxylation is 8. The van der Waals surface area contributed by atoms with Crippen molar-refractivity contribution in [2.45, 2.75) is 95.1 Å². The smallest absolute Gasteiger partial charge is 0.248 e. The van der Waals surface area contributed by atoms with Crippen LogP contribution >= 0.6 is 47.0 Å². The van der Waals surface area contributed by atoms with Crippen molar-refractivity contribution in [1.82, 2.24) is 59.1 Å². The fourth-order valence-electron chi connectivity index (χ4n) is 9.99. The summed E-state index contributed by atoms with van der Waals surface area (Å²) in [6.07, 6.45) is 7.87. The lowest BCUT2D eigenvalue weighted by Crippen LogP contribution is -2.63. The van der Waals surface area contributed by atoms with E-state index in [9.17, 15) is 0 Å². The highest BCUT2D eigenvalue weighted by atomic mass is 32.2. The van der Waals surface area contributed by atoms with Crippen LogP contribution < -0.4 is 32.8 Å². The van der Waals surface area contributed by atoms with Crippen LogP contribution in [0.1, 0.15) is 45.6 Å². The van der Waals surface area contributed by atoms with Gasteiger partial charge in [-0.25, -0.2) is 38.7 Å². The number of aromatic nitrogens is 12. The van der Waals surface area contributed by atoms with Crippen molar-refractivity contribution in [2.24, 2.45) is 0 Å². The first kappa shape index (κ1) is 38.6. The van der Waals surface area contributed by atoms with Gasteiger partial charge in [0.25, 0.3) is 13.4 Å². The van der Waals surface area contributed by atoms with E-state index in [2.05, 4.69) is 76.2 Å². The normalized spacial score (nSPS) is 13.9. The summed E-state index contributed by atoms with van der Waals surface area (Å²) in [7, 11) is 0. The van der Waals surface area contributed by atoms with E-state index in [0.717, 1.165) is 110 Å². The minimum absolute atomic E-state index is 0.155. The van der Waals surface area contributed by atoms with Crippen molar-refractivity contribution >= 4 is 93.2 Å². The van der Waals surface area contributed by atoms with Crippen molar-refractivity contribution in [3.05, 3.63) is 119 Å². The summed E-state index contributed by atoms with van der Waals surface area (Å²) in [6.45, 7) is 16.2. The molecular formula is C46H36B2N12S4. The van der Waals surface area contributed by atoms with Crippen molar-refractivity contribution in [2.75, 3.05) is 0 Å². The Balaban J connectivity index is 1.08. The first-order valence-electron chi connectivity index (χ1n) is 21.0. The summed E-state index contributed by atoms with van der Waals surface area (Å²) in [5, 5.41) is 23.4. The molecule has 0 radical (unpaired) electrons. The summed E-state index contributed by atoms with van der Waals surface area (Å²) in [5.41, 5.74) is 19.0. The van der Waals surface area contributed by atoms with Crippen LogP contribution in [0.3, 0.4) is 0 Å². The zero-order chi connectivity index (χ0) is 43.4. The summed E-state index contributed by atoms with van der Waals surface area (Å²) in [6, 6.07) is 17.6. The predicted octanol–water partition coefficient (Wildman–Crippen LogP) is 5.37. The second-order valence-electron chi connectivity index (χ2n) is 17.1. The van der Waals surface area contributed by atoms with Gasteiger partial charge in [0.05, 0.1) is 90.4 Å². The fraction of sp³-hybridized carbons (Fsp3) is 0.174. The first-order valence-corrected chi connectivity index (χ1v) is 24.3. The molecule has 0 aliphatic carbocycles. The largest absolute Gasteiger partial charge is 0.251 e. The molecule has 8 aromatic heterocycles. The number of pyridine rings is 4. The summed E-state index contributed by atoms with van der Waals surface area (Å²) in [5.74, 6) is 0. The number of hydrogen-bond donors (Lipinski definition) is 0. The molecule has 13 rings (SSSR count). The standard InChI is InChI=1S/C46H36B2N12S4/c1-21-9-25(5)57(53-21)29-13-33-43(49-17-29)61-39-37-40(62-44-34(47(33)37)14-30(18-50-44)58-26(6)10-22(2)54-58)42-38-41(39)63-45-35(15-31(19-51-45)59-27(7)11-23(3)55-59)48(38)36-16-32(20-52-46(36)64-42)60-28(8)12-24(4)56-60/h9-20H,1-8H3. The SMILES string of the molecule is Cc1cc(C)n(-c2cnc3c(c2)B2c4cc(-n5nc(C)cc5C)cnc4Sc4c5c6c(c(c42)S3)Sc2ncc(-n3nc(C)cc3C)cc2B6c2cc(-n3nc(C)cc3C)cnc2S5)n1. The van der Waals surface area contributed by atoms with Crippen molar-refractivity contribution in [3.63, 3.8) is 0 Å². The molecule has 1 aromatic carbocycles. The molecule has 4 aliphatic rings. The van der Waals surface area contributed by atoms with Crippen LogP contribution in [0.15, 0.2) is 113 Å². The van der Waals surface area contributed by atoms with Gasteiger partial charge in [-0.2, -0.15) is 20.4 Å². The molecule has 64 heavy (non-hydrogen) atoms. The number of nitrogens with zero attached hydrogens (tertiary/aromatic N) is 12. The van der Waals surface area contributed by atoms with Crippen LogP contribution in [-0.2, 0) is 0 Å². The van der Waals surface area contributed by atoms with Gasteiger partial charge in [0.2, 0.25) is 0 Å². The topological polar surface area (TPSA) is 123 Å². The molecule has 310 valence electrons. The maximum Gasteiger partial charge on any atom is 0.251 e. The average Bonchev–Trinajstić information content (AvgIpc) is 4.03. The summed E-state index contributed by atoms with van der Waals surface area (Å²) >= 11 is 7.10. The van der Waals surface area contributed by atoms with E-state index in [1.165, 1.54) is 30.5 Å². The van der Waals surface area contributed by atoms with Crippen LogP contribution in [0, 0.1) is 55.4 Å². The second kappa shape index (κ2) is 13.8. The van der Waals surface area contributed by atoms with Gasteiger partial charge < -0.3 is 0 Å². The summed E-state index contributed by atoms with van der Waals surface area (Å²) < 4.78 is 8.02. The van der Waals surface area contributed by atoms with Crippen LogP contribution in [0.2, 0.25) is 0 Å². The Morgan fingerprint density at radius 2 is 0.578 bits per heavy atom. The van der Waals surface area contributed by atoms with E-state index in [1.54, 1.807) is 47.0 Å². The zero-order valence-electron chi connectivity index (χ0n) is 36.1. The lowest BCUT2D eigenvalue weighted by atomic mass is 9.34. The second-order valence-corrected chi connectivity index (χ2v) is 21.1. The Labute approximate surface area is 386 Å². The van der Waals surface area contributed by atoms with Crippen molar-refractivity contribution < 1.29 is 0 Å². The van der Waals surface area contributed by atoms with Gasteiger partial charge in [0, 0.05) is 42.4 Å².